The molecule has 5 nitrogen and oxygen atoms in total. The molecule has 0 unspecified atom stereocenters. The van der Waals surface area contributed by atoms with E-state index in [4.69, 9.17) is 19.1 Å². The minimum Gasteiger partial charge on any atom is -0.497 e. The number of furan rings is 1. The predicted octanol–water partition coefficient (Wildman–Crippen LogP) is 11.1. The fourth-order valence-corrected chi connectivity index (χ4v) is 6.30. The van der Waals surface area contributed by atoms with Crippen LogP contribution < -0.4 is 4.74 Å². The van der Waals surface area contributed by atoms with Gasteiger partial charge in [-0.3, -0.25) is 0 Å². The van der Waals surface area contributed by atoms with E-state index in [1.54, 1.807) is 0 Å². The number of benzene rings is 4. The van der Waals surface area contributed by atoms with E-state index in [9.17, 15) is 0 Å². The second-order valence-corrected chi connectivity index (χ2v) is 14.2. The molecule has 0 spiro atoms. The molecular weight excluding hydrogens is 774 g/mol. The summed E-state index contributed by atoms with van der Waals surface area (Å²) in [7, 11) is 0. The molecule has 0 fully saturated rings. The third-order valence-electron chi connectivity index (χ3n) is 8.86. The molecule has 8 aromatic rings. The van der Waals surface area contributed by atoms with Crippen molar-refractivity contribution in [3.8, 4) is 39.7 Å². The third kappa shape index (κ3) is 5.41. The zero-order valence-corrected chi connectivity index (χ0v) is 30.1. The molecule has 0 aliphatic heterocycles. The number of nitrogens with zero attached hydrogens (tertiary/aromatic N) is 3. The Morgan fingerprint density at radius 2 is 1.48 bits per heavy atom. The Kier molecular flexibility index (Phi) is 7.80. The second kappa shape index (κ2) is 11.8. The fourth-order valence-electron chi connectivity index (χ4n) is 6.30. The number of ether oxygens (including phenoxy) is 1. The summed E-state index contributed by atoms with van der Waals surface area (Å²) >= 11 is 0. The molecular formula is C42H35N3O2Pt. The van der Waals surface area contributed by atoms with Gasteiger partial charge in [0.25, 0.3) is 0 Å². The summed E-state index contributed by atoms with van der Waals surface area (Å²) in [5.41, 5.74) is 10.2. The maximum atomic E-state index is 6.66. The number of rotatable bonds is 5. The van der Waals surface area contributed by atoms with E-state index in [1.165, 1.54) is 11.1 Å². The van der Waals surface area contributed by atoms with Gasteiger partial charge in [0, 0.05) is 34.7 Å². The van der Waals surface area contributed by atoms with Crippen LogP contribution in [0.2, 0.25) is 0 Å². The van der Waals surface area contributed by atoms with Gasteiger partial charge in [0.2, 0.25) is 0 Å². The van der Waals surface area contributed by atoms with E-state index in [0.717, 1.165) is 55.6 Å². The smallest absolute Gasteiger partial charge is 0.497 e. The van der Waals surface area contributed by atoms with Gasteiger partial charge in [0.05, 0.1) is 11.3 Å². The maximum absolute atomic E-state index is 6.66. The van der Waals surface area contributed by atoms with Crippen molar-refractivity contribution >= 4 is 33.0 Å². The SMILES string of the molecule is CC(C)(C)c1ccc(-c2[c-]c(Oc3[c-]c(-c4cc(C(C)(C)C)ccn4)c4c5c3oc3cccc(c35)n4-c3ccccc3)ccc2)nc1.[Pt+2]. The molecule has 0 saturated heterocycles. The van der Waals surface area contributed by atoms with Crippen LogP contribution in [0.4, 0.5) is 0 Å². The summed E-state index contributed by atoms with van der Waals surface area (Å²) in [5.74, 6) is 1.04. The molecule has 0 atom stereocenters. The Morgan fingerprint density at radius 1 is 0.708 bits per heavy atom. The molecule has 0 amide bonds. The molecule has 4 aromatic heterocycles. The molecule has 240 valence electrons. The van der Waals surface area contributed by atoms with E-state index in [0.29, 0.717) is 17.1 Å². The first-order chi connectivity index (χ1) is 22.6. The van der Waals surface area contributed by atoms with E-state index in [-0.39, 0.29) is 31.9 Å². The molecule has 8 rings (SSSR count). The molecule has 48 heavy (non-hydrogen) atoms. The minimum atomic E-state index is -0.0546. The molecule has 0 aliphatic carbocycles. The molecule has 0 bridgehead atoms. The molecule has 4 aromatic carbocycles. The zero-order chi connectivity index (χ0) is 32.5. The predicted molar refractivity (Wildman–Crippen MR) is 190 cm³/mol. The number of pyridine rings is 2. The first kappa shape index (κ1) is 31.8. The van der Waals surface area contributed by atoms with Crippen LogP contribution in [0.3, 0.4) is 0 Å². The van der Waals surface area contributed by atoms with E-state index < -0.39 is 0 Å². The van der Waals surface area contributed by atoms with Crippen molar-refractivity contribution in [2.45, 2.75) is 52.4 Å². The van der Waals surface area contributed by atoms with Gasteiger partial charge in [-0.15, -0.1) is 23.8 Å². The summed E-state index contributed by atoms with van der Waals surface area (Å²) in [5, 5.41) is 2.04. The van der Waals surface area contributed by atoms with Crippen LogP contribution in [0, 0.1) is 12.1 Å². The number of para-hydroxylation sites is 1. The van der Waals surface area contributed by atoms with Crippen molar-refractivity contribution in [2.24, 2.45) is 0 Å². The summed E-state index contributed by atoms with van der Waals surface area (Å²) in [4.78, 5) is 9.65. The van der Waals surface area contributed by atoms with Crippen molar-refractivity contribution in [2.75, 3.05) is 0 Å². The average Bonchev–Trinajstić information content (AvgIpc) is 3.63. The Bertz CT molecular complexity index is 2390. The van der Waals surface area contributed by atoms with Gasteiger partial charge in [0.1, 0.15) is 5.58 Å². The van der Waals surface area contributed by atoms with E-state index >= 15 is 0 Å². The van der Waals surface area contributed by atoms with Gasteiger partial charge in [0.15, 0.2) is 0 Å². The molecule has 0 radical (unpaired) electrons. The van der Waals surface area contributed by atoms with Gasteiger partial charge >= 0.3 is 21.1 Å². The van der Waals surface area contributed by atoms with Gasteiger partial charge in [-0.05, 0) is 74.6 Å². The topological polar surface area (TPSA) is 53.1 Å². The van der Waals surface area contributed by atoms with Gasteiger partial charge in [-0.1, -0.05) is 102 Å². The Labute approximate surface area is 295 Å². The van der Waals surface area contributed by atoms with Crippen molar-refractivity contribution in [3.05, 3.63) is 127 Å². The number of hydrogen-bond acceptors (Lipinski definition) is 4. The largest absolute Gasteiger partial charge is 2.00 e. The minimum absolute atomic E-state index is 0. The molecule has 0 saturated carbocycles. The van der Waals surface area contributed by atoms with Gasteiger partial charge in [-0.2, -0.15) is 0 Å². The van der Waals surface area contributed by atoms with Crippen LogP contribution in [-0.4, -0.2) is 14.5 Å². The van der Waals surface area contributed by atoms with Crippen LogP contribution in [0.5, 0.6) is 11.5 Å². The van der Waals surface area contributed by atoms with E-state index in [2.05, 4.69) is 107 Å². The Morgan fingerprint density at radius 3 is 2.21 bits per heavy atom. The second-order valence-electron chi connectivity index (χ2n) is 14.2. The van der Waals surface area contributed by atoms with Crippen molar-refractivity contribution in [1.82, 2.24) is 14.5 Å². The molecule has 0 N–H and O–H groups in total. The van der Waals surface area contributed by atoms with Crippen LogP contribution in [0.1, 0.15) is 52.7 Å². The molecule has 4 heterocycles. The fraction of sp³-hybridized carbons (Fsp3) is 0.190. The number of hydrogen-bond donors (Lipinski definition) is 0. The van der Waals surface area contributed by atoms with Crippen molar-refractivity contribution in [1.29, 1.82) is 0 Å². The average molecular weight is 809 g/mol. The first-order valence-electron chi connectivity index (χ1n) is 16.0. The van der Waals surface area contributed by atoms with Crippen LogP contribution in [-0.2, 0) is 31.9 Å². The molecule has 0 aliphatic rings. The summed E-state index contributed by atoms with van der Waals surface area (Å²) in [6, 6.07) is 38.0. The zero-order valence-electron chi connectivity index (χ0n) is 27.8. The summed E-state index contributed by atoms with van der Waals surface area (Å²) in [6.07, 6.45) is 3.83. The Hall–Kier alpha value is -4.73. The maximum Gasteiger partial charge on any atom is 2.00 e. The molecule has 6 heteroatoms. The van der Waals surface area contributed by atoms with Gasteiger partial charge < -0.3 is 23.7 Å². The monoisotopic (exact) mass is 808 g/mol. The first-order valence-corrected chi connectivity index (χ1v) is 16.0. The van der Waals surface area contributed by atoms with Crippen LogP contribution in [0.25, 0.3) is 61.2 Å². The van der Waals surface area contributed by atoms with Crippen molar-refractivity contribution in [3.63, 3.8) is 0 Å². The van der Waals surface area contributed by atoms with Crippen LogP contribution in [0.15, 0.2) is 108 Å². The normalized spacial score (nSPS) is 12.2. The van der Waals surface area contributed by atoms with Crippen molar-refractivity contribution < 1.29 is 30.2 Å². The van der Waals surface area contributed by atoms with Crippen LogP contribution >= 0.6 is 0 Å². The van der Waals surface area contributed by atoms with Gasteiger partial charge in [-0.25, -0.2) is 0 Å². The quantitative estimate of drug-likeness (QED) is 0.163. The van der Waals surface area contributed by atoms with E-state index in [1.807, 2.05) is 54.9 Å². The summed E-state index contributed by atoms with van der Waals surface area (Å²) in [6.45, 7) is 13.2. The third-order valence-corrected chi connectivity index (χ3v) is 8.86. The summed E-state index contributed by atoms with van der Waals surface area (Å²) < 4.78 is 15.5. The standard InChI is InChI=1S/C42H35N3O2.Pt/c1-41(2,3)27-20-21-43-33(23-27)31-24-36(46-30-15-10-12-26(22-30)32-19-18-28(25-44-32)42(4,5)6)40-38-37-34(16-11-17-35(37)47-40)45(39(31)38)29-13-8-7-9-14-29;/h7-21,23,25H,1-6H3;/q-2;+2. The Balaban J connectivity index is 0.00000364. The number of aromatic nitrogens is 3.